The van der Waals surface area contributed by atoms with E-state index in [1.807, 2.05) is 33.8 Å². The summed E-state index contributed by atoms with van der Waals surface area (Å²) in [6, 6.07) is 4.98. The van der Waals surface area contributed by atoms with Crippen LogP contribution >= 0.6 is 11.6 Å². The molecule has 2 unspecified atom stereocenters. The molecule has 0 heterocycles. The Morgan fingerprint density at radius 1 is 1.24 bits per heavy atom. The van der Waals surface area contributed by atoms with E-state index in [1.165, 1.54) is 0 Å². The van der Waals surface area contributed by atoms with Crippen molar-refractivity contribution in [3.8, 4) is 0 Å². The summed E-state index contributed by atoms with van der Waals surface area (Å²) >= 11 is 6.07. The smallest absolute Gasteiger partial charge is 0.242 e. The third-order valence-electron chi connectivity index (χ3n) is 3.70. The highest BCUT2D eigenvalue weighted by Crippen LogP contribution is 2.23. The van der Waals surface area contributed by atoms with Crippen LogP contribution in [-0.4, -0.2) is 21.0 Å². The number of sulfonamides is 1. The maximum absolute atomic E-state index is 12.5. The summed E-state index contributed by atoms with van der Waals surface area (Å²) in [6.45, 7) is 9.39. The number of rotatable bonds is 8. The highest BCUT2D eigenvalue weighted by Gasteiger charge is 2.23. The second kappa shape index (κ2) is 8.13. The highest BCUT2D eigenvalue weighted by molar-refractivity contribution is 7.89. The van der Waals surface area contributed by atoms with Crippen molar-refractivity contribution in [1.29, 1.82) is 0 Å². The van der Waals surface area contributed by atoms with Gasteiger partial charge in [0.2, 0.25) is 10.0 Å². The van der Waals surface area contributed by atoms with Crippen LogP contribution in [0.3, 0.4) is 0 Å². The monoisotopic (exact) mass is 332 g/mol. The van der Waals surface area contributed by atoms with Gasteiger partial charge in [0.05, 0.1) is 5.02 Å². The molecule has 0 radical (unpaired) electrons. The molecule has 2 N–H and O–H groups in total. The summed E-state index contributed by atoms with van der Waals surface area (Å²) in [5.41, 5.74) is 0.901. The second-order valence-electron chi connectivity index (χ2n) is 5.34. The zero-order valence-corrected chi connectivity index (χ0v) is 14.7. The van der Waals surface area contributed by atoms with Gasteiger partial charge >= 0.3 is 0 Å². The Hall–Kier alpha value is -0.620. The van der Waals surface area contributed by atoms with E-state index in [2.05, 4.69) is 10.0 Å². The molecule has 0 aliphatic heterocycles. The highest BCUT2D eigenvalue weighted by atomic mass is 35.5. The Morgan fingerprint density at radius 3 is 2.48 bits per heavy atom. The molecule has 0 bridgehead atoms. The molecule has 6 heteroatoms. The first-order valence-electron chi connectivity index (χ1n) is 7.33. The number of hydrogen-bond donors (Lipinski definition) is 2. The van der Waals surface area contributed by atoms with Gasteiger partial charge in [-0.25, -0.2) is 13.1 Å². The molecule has 0 amide bonds. The van der Waals surface area contributed by atoms with Crippen LogP contribution < -0.4 is 10.0 Å². The zero-order chi connectivity index (χ0) is 16.0. The molecular formula is C15H25ClN2O2S. The largest absolute Gasteiger partial charge is 0.313 e. The summed E-state index contributed by atoms with van der Waals surface area (Å²) in [7, 11) is -3.60. The summed E-state index contributed by atoms with van der Waals surface area (Å²) in [5, 5.41) is 3.42. The van der Waals surface area contributed by atoms with Gasteiger partial charge in [-0.3, -0.25) is 0 Å². The Balaban J connectivity index is 3.01. The molecule has 21 heavy (non-hydrogen) atoms. The van der Waals surface area contributed by atoms with Crippen molar-refractivity contribution in [3.63, 3.8) is 0 Å². The lowest BCUT2D eigenvalue weighted by molar-refractivity contribution is 0.434. The Kier molecular flexibility index (Phi) is 7.13. The van der Waals surface area contributed by atoms with Gasteiger partial charge in [0.25, 0.3) is 0 Å². The first-order valence-corrected chi connectivity index (χ1v) is 9.19. The van der Waals surface area contributed by atoms with E-state index in [-0.39, 0.29) is 21.9 Å². The minimum atomic E-state index is -3.60. The van der Waals surface area contributed by atoms with E-state index in [0.717, 1.165) is 18.5 Å². The van der Waals surface area contributed by atoms with Crippen LogP contribution in [-0.2, 0) is 16.6 Å². The van der Waals surface area contributed by atoms with Crippen LogP contribution in [0.1, 0.15) is 39.7 Å². The fourth-order valence-corrected chi connectivity index (χ4v) is 3.81. The van der Waals surface area contributed by atoms with Crippen molar-refractivity contribution >= 4 is 21.6 Å². The predicted octanol–water partition coefficient (Wildman–Crippen LogP) is 3.16. The SMILES string of the molecule is CCNCc1ccc(Cl)c(S(=O)(=O)NC(C)C(C)CC)c1. The fraction of sp³-hybridized carbons (Fsp3) is 0.600. The Labute approximate surface area is 133 Å². The molecule has 1 rings (SSSR count). The number of halogens is 1. The molecule has 2 atom stereocenters. The minimum Gasteiger partial charge on any atom is -0.313 e. The maximum atomic E-state index is 12.5. The molecule has 4 nitrogen and oxygen atoms in total. The molecule has 0 spiro atoms. The van der Waals surface area contributed by atoms with Gasteiger partial charge < -0.3 is 5.32 Å². The Morgan fingerprint density at radius 2 is 1.90 bits per heavy atom. The molecule has 0 aromatic heterocycles. The van der Waals surface area contributed by atoms with Crippen molar-refractivity contribution in [2.45, 2.75) is 51.6 Å². The van der Waals surface area contributed by atoms with E-state index in [1.54, 1.807) is 12.1 Å². The maximum Gasteiger partial charge on any atom is 0.242 e. The lowest BCUT2D eigenvalue weighted by Gasteiger charge is -2.20. The van der Waals surface area contributed by atoms with Crippen molar-refractivity contribution < 1.29 is 8.42 Å². The van der Waals surface area contributed by atoms with E-state index in [9.17, 15) is 8.42 Å². The van der Waals surface area contributed by atoms with E-state index >= 15 is 0 Å². The van der Waals surface area contributed by atoms with Gasteiger partial charge in [0.1, 0.15) is 4.90 Å². The van der Waals surface area contributed by atoms with Crippen LogP contribution in [0.4, 0.5) is 0 Å². The number of benzene rings is 1. The number of hydrogen-bond acceptors (Lipinski definition) is 3. The molecule has 120 valence electrons. The summed E-state index contributed by atoms with van der Waals surface area (Å²) in [4.78, 5) is 0.148. The van der Waals surface area contributed by atoms with E-state index < -0.39 is 10.0 Å². The first kappa shape index (κ1) is 18.4. The molecule has 0 fully saturated rings. The second-order valence-corrected chi connectivity index (χ2v) is 7.43. The topological polar surface area (TPSA) is 58.2 Å². The van der Waals surface area contributed by atoms with E-state index in [4.69, 9.17) is 11.6 Å². The molecule has 0 aliphatic carbocycles. The summed E-state index contributed by atoms with van der Waals surface area (Å²) < 4.78 is 27.7. The molecule has 1 aromatic carbocycles. The summed E-state index contributed by atoms with van der Waals surface area (Å²) in [5.74, 6) is 0.267. The normalized spacial score (nSPS) is 14.9. The minimum absolute atomic E-state index is 0.131. The molecular weight excluding hydrogens is 308 g/mol. The molecule has 0 aliphatic rings. The predicted molar refractivity (Wildman–Crippen MR) is 88.1 cm³/mol. The van der Waals surface area contributed by atoms with Gasteiger partial charge in [-0.1, -0.05) is 44.9 Å². The number of nitrogens with one attached hydrogen (secondary N) is 2. The molecule has 0 saturated carbocycles. The van der Waals surface area contributed by atoms with Crippen molar-refractivity contribution in [2.75, 3.05) is 6.54 Å². The van der Waals surface area contributed by atoms with E-state index in [0.29, 0.717) is 6.54 Å². The van der Waals surface area contributed by atoms with Crippen LogP contribution in [0.2, 0.25) is 5.02 Å². The van der Waals surface area contributed by atoms with Crippen molar-refractivity contribution in [2.24, 2.45) is 5.92 Å². The average molecular weight is 333 g/mol. The molecule has 0 saturated heterocycles. The average Bonchev–Trinajstić information content (AvgIpc) is 2.44. The zero-order valence-electron chi connectivity index (χ0n) is 13.1. The third-order valence-corrected chi connectivity index (χ3v) is 5.74. The van der Waals surface area contributed by atoms with Crippen LogP contribution in [0.15, 0.2) is 23.1 Å². The van der Waals surface area contributed by atoms with Crippen molar-refractivity contribution in [1.82, 2.24) is 10.0 Å². The van der Waals surface area contributed by atoms with Crippen LogP contribution in [0, 0.1) is 5.92 Å². The third kappa shape index (κ3) is 5.25. The fourth-order valence-electron chi connectivity index (χ4n) is 1.91. The van der Waals surface area contributed by atoms with Crippen LogP contribution in [0.25, 0.3) is 0 Å². The van der Waals surface area contributed by atoms with Gasteiger partial charge in [-0.05, 0) is 37.1 Å². The first-order chi connectivity index (χ1) is 9.81. The Bertz CT molecular complexity index is 561. The van der Waals surface area contributed by atoms with Gasteiger partial charge in [-0.2, -0.15) is 0 Å². The molecule has 1 aromatic rings. The lowest BCUT2D eigenvalue weighted by atomic mass is 10.0. The van der Waals surface area contributed by atoms with Gasteiger partial charge in [-0.15, -0.1) is 0 Å². The summed E-state index contributed by atoms with van der Waals surface area (Å²) in [6.07, 6.45) is 0.915. The van der Waals surface area contributed by atoms with Gasteiger partial charge in [0, 0.05) is 12.6 Å². The lowest BCUT2D eigenvalue weighted by Crippen LogP contribution is -2.37. The quantitative estimate of drug-likeness (QED) is 0.768. The van der Waals surface area contributed by atoms with Crippen LogP contribution in [0.5, 0.6) is 0 Å². The standard InChI is InChI=1S/C15H25ClN2O2S/c1-5-11(3)12(4)18-21(19,20)15-9-13(10-17-6-2)7-8-14(15)16/h7-9,11-12,17-18H,5-6,10H2,1-4H3. The van der Waals surface area contributed by atoms with Crippen molar-refractivity contribution in [3.05, 3.63) is 28.8 Å². The van der Waals surface area contributed by atoms with Gasteiger partial charge in [0.15, 0.2) is 0 Å².